The highest BCUT2D eigenvalue weighted by Gasteiger charge is 2.38. The smallest absolute Gasteiger partial charge is 0.232 e. The Balaban J connectivity index is 0.799. The second-order valence-electron chi connectivity index (χ2n) is 19.0. The van der Waals surface area contributed by atoms with Gasteiger partial charge in [0.1, 0.15) is 29.6 Å². The predicted octanol–water partition coefficient (Wildman–Crippen LogP) is 12.7. The summed E-state index contributed by atoms with van der Waals surface area (Å²) in [5.41, 5.74) is 6.96. The summed E-state index contributed by atoms with van der Waals surface area (Å²) in [6.45, 7) is 6.00. The SMILES string of the molecule is COc1cc(Cc2ncc3c(n2)-c2ccc(Cl)cc2C(c2c(F)cccc2OC)=NC3)ccc1C(=O)CCCCCCCNC(=O)CC(=O)N1C[C@H](CC(C)C)N(c2ccc(Cl)cc2)[C@H](c2ccc(Cl)cc2)C1. The van der Waals surface area contributed by atoms with Crippen molar-refractivity contribution < 1.29 is 28.2 Å². The van der Waals surface area contributed by atoms with Gasteiger partial charge in [-0.05, 0) is 109 Å². The third-order valence-electron chi connectivity index (χ3n) is 13.4. The van der Waals surface area contributed by atoms with Crippen molar-refractivity contribution in [2.75, 3.05) is 38.8 Å². The summed E-state index contributed by atoms with van der Waals surface area (Å²) in [4.78, 5) is 59.0. The van der Waals surface area contributed by atoms with E-state index in [1.165, 1.54) is 13.2 Å². The van der Waals surface area contributed by atoms with Gasteiger partial charge >= 0.3 is 0 Å². The van der Waals surface area contributed by atoms with Crippen molar-refractivity contribution in [3.63, 3.8) is 0 Å². The molecule has 5 aromatic carbocycles. The van der Waals surface area contributed by atoms with Crippen LogP contribution in [0.15, 0.2) is 114 Å². The van der Waals surface area contributed by atoms with Crippen LogP contribution >= 0.6 is 34.8 Å². The third kappa shape index (κ3) is 13.1. The average molecular weight is 1050 g/mol. The number of carbonyl (C=O) groups is 3. The molecule has 380 valence electrons. The molecule has 11 nitrogen and oxygen atoms in total. The molecule has 15 heteroatoms. The van der Waals surface area contributed by atoms with E-state index in [1.807, 2.05) is 71.6 Å². The minimum absolute atomic E-state index is 0.000530. The molecule has 0 bridgehead atoms. The molecule has 1 aromatic heterocycles. The van der Waals surface area contributed by atoms with Crippen molar-refractivity contribution in [3.8, 4) is 22.8 Å². The van der Waals surface area contributed by atoms with Crippen LogP contribution in [-0.4, -0.2) is 78.1 Å². The normalized spacial score (nSPS) is 15.3. The fourth-order valence-corrected chi connectivity index (χ4v) is 10.3. The van der Waals surface area contributed by atoms with Gasteiger partial charge in [0.25, 0.3) is 0 Å². The summed E-state index contributed by atoms with van der Waals surface area (Å²) >= 11 is 19.0. The third-order valence-corrected chi connectivity index (χ3v) is 14.2. The fourth-order valence-electron chi connectivity index (χ4n) is 9.90. The molecule has 2 aliphatic rings. The van der Waals surface area contributed by atoms with Gasteiger partial charge in [-0.25, -0.2) is 14.4 Å². The number of hydrogen-bond acceptors (Lipinski definition) is 9. The first-order valence-electron chi connectivity index (χ1n) is 24.9. The van der Waals surface area contributed by atoms with Crippen LogP contribution in [0.4, 0.5) is 10.1 Å². The molecule has 0 saturated carbocycles. The van der Waals surface area contributed by atoms with Crippen LogP contribution < -0.4 is 19.7 Å². The second kappa shape index (κ2) is 24.6. The molecule has 1 N–H and O–H groups in total. The lowest BCUT2D eigenvalue weighted by Crippen LogP contribution is -2.57. The number of Topliss-reactive ketones (excluding diaryl/α,β-unsaturated/α-hetero) is 1. The number of amides is 2. The van der Waals surface area contributed by atoms with Crippen LogP contribution in [0.1, 0.15) is 115 Å². The van der Waals surface area contributed by atoms with E-state index in [2.05, 4.69) is 29.0 Å². The Morgan fingerprint density at radius 1 is 0.795 bits per heavy atom. The lowest BCUT2D eigenvalue weighted by molar-refractivity contribution is -0.137. The van der Waals surface area contributed by atoms with E-state index in [0.29, 0.717) is 93.3 Å². The number of unbranched alkanes of at least 4 members (excludes halogenated alkanes) is 4. The molecule has 0 spiro atoms. The van der Waals surface area contributed by atoms with Crippen LogP contribution in [0.3, 0.4) is 0 Å². The number of hydrogen-bond donors (Lipinski definition) is 1. The van der Waals surface area contributed by atoms with E-state index < -0.39 is 5.82 Å². The summed E-state index contributed by atoms with van der Waals surface area (Å²) in [6.07, 6.45) is 7.28. The molecule has 1 fully saturated rings. The lowest BCUT2D eigenvalue weighted by atomic mass is 9.92. The minimum atomic E-state index is -0.460. The number of carbonyl (C=O) groups excluding carboxylic acids is 3. The highest BCUT2D eigenvalue weighted by Crippen LogP contribution is 2.39. The lowest BCUT2D eigenvalue weighted by Gasteiger charge is -2.49. The zero-order chi connectivity index (χ0) is 51.6. The number of anilines is 1. The first-order valence-corrected chi connectivity index (χ1v) is 26.0. The van der Waals surface area contributed by atoms with Crippen LogP contribution in [0, 0.1) is 11.7 Å². The van der Waals surface area contributed by atoms with E-state index in [4.69, 9.17) is 54.3 Å². The molecule has 73 heavy (non-hydrogen) atoms. The molecule has 2 atom stereocenters. The standard InChI is InChI=1S/C58H60Cl3FN6O5/c1-36(2)27-44-34-67(35-49(38-15-17-40(59)18-16-38)68(44)43-22-19-41(60)20-23-43)55(71)31-54(70)63-26-9-7-5-6-8-12-50(69)46-24-14-37(28-52(46)73-4)29-53-64-32-39-33-65-58(56-48(62)11-10-13-51(56)72-3)47-30-42(61)21-25-45(47)57(39)66-53/h10-11,13-25,28,30,32,36,44,49H,5-9,12,26-27,29,31,33-35H2,1-4H3,(H,63,70)/t44-,49-/m0/s1. The Morgan fingerprint density at radius 2 is 1.51 bits per heavy atom. The van der Waals surface area contributed by atoms with Gasteiger partial charge in [0.15, 0.2) is 5.78 Å². The fraction of sp³-hybridized carbons (Fsp3) is 0.345. The van der Waals surface area contributed by atoms with E-state index >= 15 is 4.39 Å². The molecule has 2 aliphatic heterocycles. The molecule has 0 aliphatic carbocycles. The summed E-state index contributed by atoms with van der Waals surface area (Å²) in [7, 11) is 3.05. The molecule has 0 unspecified atom stereocenters. The number of halogens is 4. The summed E-state index contributed by atoms with van der Waals surface area (Å²) < 4.78 is 26.6. The number of aromatic nitrogens is 2. The number of methoxy groups -OCH3 is 2. The van der Waals surface area contributed by atoms with Crippen molar-refractivity contribution >= 4 is 63.8 Å². The predicted molar refractivity (Wildman–Crippen MR) is 288 cm³/mol. The first kappa shape index (κ1) is 53.0. The maximum atomic E-state index is 15.4. The molecule has 2 amide bonds. The van der Waals surface area contributed by atoms with Gasteiger partial charge < -0.3 is 24.6 Å². The molecular weight excluding hydrogens is 986 g/mol. The number of rotatable bonds is 20. The van der Waals surface area contributed by atoms with Gasteiger partial charge in [0, 0.05) is 82.2 Å². The van der Waals surface area contributed by atoms with Crippen LogP contribution in [0.5, 0.6) is 11.5 Å². The molecular formula is C58H60Cl3FN6O5. The maximum Gasteiger partial charge on any atom is 0.232 e. The number of aliphatic imine (C=N–C) groups is 1. The van der Waals surface area contributed by atoms with Gasteiger partial charge in [-0.15, -0.1) is 0 Å². The van der Waals surface area contributed by atoms with Gasteiger partial charge in [-0.2, -0.15) is 0 Å². The van der Waals surface area contributed by atoms with E-state index in [0.717, 1.165) is 66.5 Å². The van der Waals surface area contributed by atoms with Crippen molar-refractivity contribution in [2.45, 2.75) is 90.3 Å². The molecule has 8 rings (SSSR count). The monoisotopic (exact) mass is 1040 g/mol. The Morgan fingerprint density at radius 3 is 2.25 bits per heavy atom. The number of nitrogens with one attached hydrogen (secondary N) is 1. The highest BCUT2D eigenvalue weighted by atomic mass is 35.5. The van der Waals surface area contributed by atoms with Crippen molar-refractivity contribution in [1.29, 1.82) is 0 Å². The van der Waals surface area contributed by atoms with Gasteiger partial charge in [-0.1, -0.05) is 98.2 Å². The van der Waals surface area contributed by atoms with Crippen LogP contribution in [0.2, 0.25) is 15.1 Å². The molecule has 6 aromatic rings. The van der Waals surface area contributed by atoms with Crippen molar-refractivity contribution in [3.05, 3.63) is 169 Å². The minimum Gasteiger partial charge on any atom is -0.496 e. The molecule has 3 heterocycles. The van der Waals surface area contributed by atoms with Gasteiger partial charge in [-0.3, -0.25) is 19.4 Å². The number of piperazine rings is 1. The number of fused-ring (bicyclic) bond motifs is 3. The van der Waals surface area contributed by atoms with Crippen molar-refractivity contribution in [1.82, 2.24) is 20.2 Å². The molecule has 0 radical (unpaired) electrons. The number of nitrogens with zero attached hydrogens (tertiary/aromatic N) is 5. The van der Waals surface area contributed by atoms with Crippen LogP contribution in [0.25, 0.3) is 11.3 Å². The van der Waals surface area contributed by atoms with E-state index in [1.54, 1.807) is 43.6 Å². The zero-order valence-electron chi connectivity index (χ0n) is 41.6. The van der Waals surface area contributed by atoms with Gasteiger partial charge in [0.2, 0.25) is 11.8 Å². The zero-order valence-corrected chi connectivity index (χ0v) is 43.9. The quantitative estimate of drug-likeness (QED) is 0.0455. The number of ether oxygens (including phenoxy) is 2. The van der Waals surface area contributed by atoms with Crippen molar-refractivity contribution in [2.24, 2.45) is 10.9 Å². The Bertz CT molecular complexity index is 2970. The average Bonchev–Trinajstić information content (AvgIpc) is 3.53. The summed E-state index contributed by atoms with van der Waals surface area (Å²) in [5, 5.41) is 4.73. The van der Waals surface area contributed by atoms with Gasteiger partial charge in [0.05, 0.1) is 49.3 Å². The number of ketones is 1. The van der Waals surface area contributed by atoms with E-state index in [9.17, 15) is 14.4 Å². The Labute approximate surface area is 442 Å². The highest BCUT2D eigenvalue weighted by molar-refractivity contribution is 6.32. The summed E-state index contributed by atoms with van der Waals surface area (Å²) in [6, 6.07) is 31.1. The number of benzene rings is 5. The first-order chi connectivity index (χ1) is 35.3. The topological polar surface area (TPSA) is 126 Å². The molecule has 1 saturated heterocycles. The summed E-state index contributed by atoms with van der Waals surface area (Å²) in [5.74, 6) is 0.848. The Kier molecular flexibility index (Phi) is 17.8. The maximum absolute atomic E-state index is 15.4. The van der Waals surface area contributed by atoms with Crippen LogP contribution in [-0.2, 0) is 22.6 Å². The Hall–Kier alpha value is -6.34. The second-order valence-corrected chi connectivity index (χ2v) is 20.4. The largest absolute Gasteiger partial charge is 0.496 e. The van der Waals surface area contributed by atoms with E-state index in [-0.39, 0.29) is 48.2 Å².